The van der Waals surface area contributed by atoms with Crippen molar-refractivity contribution in [3.05, 3.63) is 48.2 Å². The van der Waals surface area contributed by atoms with Gasteiger partial charge in [-0.3, -0.25) is 0 Å². The van der Waals surface area contributed by atoms with E-state index in [1.54, 1.807) is 31.4 Å². The number of aromatic nitrogens is 1. The predicted molar refractivity (Wildman–Crippen MR) is 75.7 cm³/mol. The van der Waals surface area contributed by atoms with E-state index in [0.29, 0.717) is 0 Å². The van der Waals surface area contributed by atoms with E-state index in [1.807, 2.05) is 0 Å². The van der Waals surface area contributed by atoms with Crippen LogP contribution in [-0.2, 0) is 16.6 Å². The number of hydrogen-bond acceptors (Lipinski definition) is 5. The van der Waals surface area contributed by atoms with Crippen LogP contribution in [0.2, 0.25) is 0 Å². The third kappa shape index (κ3) is 3.46. The Labute approximate surface area is 117 Å². The molecule has 0 saturated heterocycles. The molecule has 6 nitrogen and oxygen atoms in total. The Bertz CT molecular complexity index is 667. The highest BCUT2D eigenvalue weighted by Crippen LogP contribution is 2.13. The Hall–Kier alpha value is -2.12. The van der Waals surface area contributed by atoms with Gasteiger partial charge in [-0.2, -0.15) is 0 Å². The lowest BCUT2D eigenvalue weighted by Crippen LogP contribution is -2.23. The van der Waals surface area contributed by atoms with Crippen molar-refractivity contribution in [1.29, 1.82) is 0 Å². The molecule has 0 aliphatic carbocycles. The lowest BCUT2D eigenvalue weighted by molar-refractivity contribution is 0.414. The molecule has 0 aliphatic heterocycles. The number of ether oxygens (including phenoxy) is 1. The predicted octanol–water partition coefficient (Wildman–Crippen LogP) is 1.15. The Balaban J connectivity index is 2.06. The summed E-state index contributed by atoms with van der Waals surface area (Å²) in [5, 5.41) is 0. The third-order valence-corrected chi connectivity index (χ3v) is 4.08. The summed E-state index contributed by atoms with van der Waals surface area (Å²) in [5.41, 5.74) is 6.26. The molecule has 0 radical (unpaired) electrons. The van der Waals surface area contributed by atoms with E-state index in [2.05, 4.69) is 9.71 Å². The topological polar surface area (TPSA) is 94.3 Å². The van der Waals surface area contributed by atoms with Crippen molar-refractivity contribution >= 4 is 15.8 Å². The van der Waals surface area contributed by atoms with Crippen LogP contribution in [0.15, 0.2) is 47.5 Å². The van der Waals surface area contributed by atoms with Crippen LogP contribution < -0.4 is 15.2 Å². The second-order valence-corrected chi connectivity index (χ2v) is 5.86. The van der Waals surface area contributed by atoms with Gasteiger partial charge in [-0.15, -0.1) is 0 Å². The average Bonchev–Trinajstić information content (AvgIpc) is 2.46. The van der Waals surface area contributed by atoms with Gasteiger partial charge in [0.25, 0.3) is 0 Å². The SMILES string of the molecule is COc1ccc(CNS(=O)(=O)c2ccc(N)nc2)cc1. The number of nitrogens with zero attached hydrogens (tertiary/aromatic N) is 1. The van der Waals surface area contributed by atoms with Crippen molar-refractivity contribution in [2.24, 2.45) is 0 Å². The lowest BCUT2D eigenvalue weighted by atomic mass is 10.2. The minimum absolute atomic E-state index is 0.0835. The van der Waals surface area contributed by atoms with Crippen LogP contribution in [-0.4, -0.2) is 20.5 Å². The van der Waals surface area contributed by atoms with E-state index in [9.17, 15) is 8.42 Å². The number of methoxy groups -OCH3 is 1. The number of pyridine rings is 1. The van der Waals surface area contributed by atoms with E-state index >= 15 is 0 Å². The zero-order valence-electron chi connectivity index (χ0n) is 10.9. The molecule has 0 unspecified atom stereocenters. The molecule has 1 aromatic heterocycles. The molecule has 0 atom stereocenters. The highest BCUT2D eigenvalue weighted by atomic mass is 32.2. The maximum atomic E-state index is 12.0. The van der Waals surface area contributed by atoms with E-state index in [1.165, 1.54) is 18.3 Å². The molecule has 3 N–H and O–H groups in total. The Morgan fingerprint density at radius 1 is 1.20 bits per heavy atom. The van der Waals surface area contributed by atoms with E-state index in [4.69, 9.17) is 10.5 Å². The van der Waals surface area contributed by atoms with Crippen molar-refractivity contribution in [3.63, 3.8) is 0 Å². The van der Waals surface area contributed by atoms with Gasteiger partial charge in [-0.25, -0.2) is 18.1 Å². The molecule has 2 aromatic rings. The summed E-state index contributed by atoms with van der Waals surface area (Å²) in [6, 6.07) is 9.99. The highest BCUT2D eigenvalue weighted by molar-refractivity contribution is 7.89. The summed E-state index contributed by atoms with van der Waals surface area (Å²) in [5.74, 6) is 0.999. The Morgan fingerprint density at radius 3 is 2.45 bits per heavy atom. The quantitative estimate of drug-likeness (QED) is 0.862. The normalized spacial score (nSPS) is 11.2. The molecule has 7 heteroatoms. The number of rotatable bonds is 5. The van der Waals surface area contributed by atoms with E-state index in [0.717, 1.165) is 11.3 Å². The first kappa shape index (κ1) is 14.3. The van der Waals surface area contributed by atoms with Gasteiger partial charge in [0.15, 0.2) is 0 Å². The number of nitrogens with two attached hydrogens (primary N) is 1. The van der Waals surface area contributed by atoms with Gasteiger partial charge in [0.1, 0.15) is 16.5 Å². The molecular formula is C13H15N3O3S. The molecule has 0 aliphatic rings. The summed E-state index contributed by atoms with van der Waals surface area (Å²) in [7, 11) is -2.02. The highest BCUT2D eigenvalue weighted by Gasteiger charge is 2.13. The lowest BCUT2D eigenvalue weighted by Gasteiger charge is -2.07. The van der Waals surface area contributed by atoms with Crippen LogP contribution in [0.5, 0.6) is 5.75 Å². The number of hydrogen-bond donors (Lipinski definition) is 2. The van der Waals surface area contributed by atoms with Crippen molar-refractivity contribution in [3.8, 4) is 5.75 Å². The number of anilines is 1. The first-order valence-electron chi connectivity index (χ1n) is 5.85. The van der Waals surface area contributed by atoms with Gasteiger partial charge in [-0.05, 0) is 29.8 Å². The minimum atomic E-state index is -3.59. The summed E-state index contributed by atoms with van der Waals surface area (Å²) in [6.45, 7) is 0.191. The fourth-order valence-electron chi connectivity index (χ4n) is 1.56. The van der Waals surface area contributed by atoms with Crippen LogP contribution in [0.1, 0.15) is 5.56 Å². The first-order valence-corrected chi connectivity index (χ1v) is 7.34. The van der Waals surface area contributed by atoms with Gasteiger partial charge in [0, 0.05) is 12.7 Å². The van der Waals surface area contributed by atoms with E-state index < -0.39 is 10.0 Å². The third-order valence-electron chi connectivity index (χ3n) is 2.69. The van der Waals surface area contributed by atoms with Crippen LogP contribution in [0, 0.1) is 0 Å². The molecule has 20 heavy (non-hydrogen) atoms. The van der Waals surface area contributed by atoms with Crippen molar-refractivity contribution in [1.82, 2.24) is 9.71 Å². The van der Waals surface area contributed by atoms with Crippen molar-refractivity contribution < 1.29 is 13.2 Å². The fourth-order valence-corrected chi connectivity index (χ4v) is 2.52. The van der Waals surface area contributed by atoms with Crippen molar-refractivity contribution in [2.45, 2.75) is 11.4 Å². The molecule has 0 saturated carbocycles. The summed E-state index contributed by atoms with van der Waals surface area (Å²) in [6.07, 6.45) is 1.23. The zero-order chi connectivity index (χ0) is 14.6. The first-order chi connectivity index (χ1) is 9.51. The average molecular weight is 293 g/mol. The molecule has 0 fully saturated rings. The number of benzene rings is 1. The monoisotopic (exact) mass is 293 g/mol. The number of nitrogen functional groups attached to an aromatic ring is 1. The molecule has 0 amide bonds. The maximum Gasteiger partial charge on any atom is 0.242 e. The molecule has 1 aromatic carbocycles. The largest absolute Gasteiger partial charge is 0.497 e. The zero-order valence-corrected chi connectivity index (χ0v) is 11.7. The summed E-state index contributed by atoms with van der Waals surface area (Å²) < 4.78 is 31.6. The fraction of sp³-hybridized carbons (Fsp3) is 0.154. The van der Waals surface area contributed by atoms with Gasteiger partial charge in [0.2, 0.25) is 10.0 Å². The smallest absolute Gasteiger partial charge is 0.242 e. The van der Waals surface area contributed by atoms with Crippen molar-refractivity contribution in [2.75, 3.05) is 12.8 Å². The Kier molecular flexibility index (Phi) is 4.21. The van der Waals surface area contributed by atoms with Gasteiger partial charge in [-0.1, -0.05) is 12.1 Å². The summed E-state index contributed by atoms with van der Waals surface area (Å²) >= 11 is 0. The van der Waals surface area contributed by atoms with Gasteiger partial charge in [0.05, 0.1) is 7.11 Å². The van der Waals surface area contributed by atoms with Gasteiger partial charge < -0.3 is 10.5 Å². The molecule has 106 valence electrons. The van der Waals surface area contributed by atoms with Gasteiger partial charge >= 0.3 is 0 Å². The van der Waals surface area contributed by atoms with Crippen LogP contribution in [0.3, 0.4) is 0 Å². The Morgan fingerprint density at radius 2 is 1.90 bits per heavy atom. The van der Waals surface area contributed by atoms with Crippen LogP contribution in [0.4, 0.5) is 5.82 Å². The second kappa shape index (κ2) is 5.89. The molecule has 0 bridgehead atoms. The molecule has 1 heterocycles. The molecular weight excluding hydrogens is 278 g/mol. The van der Waals surface area contributed by atoms with E-state index in [-0.39, 0.29) is 17.3 Å². The molecule has 2 rings (SSSR count). The maximum absolute atomic E-state index is 12.0. The number of sulfonamides is 1. The molecule has 0 spiro atoms. The van der Waals surface area contributed by atoms with Crippen LogP contribution >= 0.6 is 0 Å². The number of nitrogens with one attached hydrogen (secondary N) is 1. The standard InChI is InChI=1S/C13H15N3O3S/c1-19-11-4-2-10(3-5-11)8-16-20(17,18)12-6-7-13(14)15-9-12/h2-7,9,16H,8H2,1H3,(H2,14,15). The summed E-state index contributed by atoms with van der Waals surface area (Å²) in [4.78, 5) is 3.85. The minimum Gasteiger partial charge on any atom is -0.497 e. The van der Waals surface area contributed by atoms with Crippen LogP contribution in [0.25, 0.3) is 0 Å². The second-order valence-electron chi connectivity index (χ2n) is 4.09.